The van der Waals surface area contributed by atoms with Gasteiger partial charge in [-0.25, -0.2) is 4.57 Å². The molecule has 0 aromatic heterocycles. The molecule has 0 radical (unpaired) electrons. The van der Waals surface area contributed by atoms with Gasteiger partial charge in [-0.1, -0.05) is 147 Å². The van der Waals surface area contributed by atoms with Crippen molar-refractivity contribution in [3.8, 4) is 0 Å². The quantitative estimate of drug-likeness (QED) is 0.0246. The molecule has 1 amide bonds. The maximum atomic E-state index is 12.7. The van der Waals surface area contributed by atoms with Crippen molar-refractivity contribution >= 4 is 13.7 Å². The molecule has 0 rings (SSSR count). The fourth-order valence-electron chi connectivity index (χ4n) is 5.58. The maximum absolute atomic E-state index is 12.7. The van der Waals surface area contributed by atoms with Gasteiger partial charge >= 0.3 is 7.82 Å². The molecule has 0 aliphatic heterocycles. The molecule has 6 N–H and O–H groups in total. The molecule has 4 atom stereocenters. The Labute approximate surface area is 294 Å². The zero-order chi connectivity index (χ0) is 35.6. The lowest BCUT2D eigenvalue weighted by molar-refractivity contribution is -0.124. The summed E-state index contributed by atoms with van der Waals surface area (Å²) in [6.45, 7) is 3.92. The molecular formula is C38H75N2O7P. The van der Waals surface area contributed by atoms with E-state index in [0.717, 1.165) is 51.4 Å². The maximum Gasteiger partial charge on any atom is 0.472 e. The highest BCUT2D eigenvalue weighted by Gasteiger charge is 2.27. The van der Waals surface area contributed by atoms with Crippen LogP contribution in [0, 0.1) is 0 Å². The fourth-order valence-corrected chi connectivity index (χ4v) is 6.34. The van der Waals surface area contributed by atoms with Crippen LogP contribution in [0.2, 0.25) is 0 Å². The lowest BCUT2D eigenvalue weighted by atomic mass is 10.0. The van der Waals surface area contributed by atoms with Crippen molar-refractivity contribution < 1.29 is 33.5 Å². The summed E-state index contributed by atoms with van der Waals surface area (Å²) in [6.07, 6.45) is 34.1. The lowest BCUT2D eigenvalue weighted by Gasteiger charge is -2.24. The van der Waals surface area contributed by atoms with E-state index < -0.39 is 38.6 Å². The average molecular weight is 703 g/mol. The Morgan fingerprint density at radius 1 is 0.708 bits per heavy atom. The summed E-state index contributed by atoms with van der Waals surface area (Å²) in [5.74, 6) is -0.454. The minimum Gasteiger partial charge on any atom is -0.393 e. The van der Waals surface area contributed by atoms with E-state index in [1.807, 2.05) is 6.08 Å². The molecule has 0 aliphatic carbocycles. The van der Waals surface area contributed by atoms with Crippen LogP contribution >= 0.6 is 7.82 Å². The van der Waals surface area contributed by atoms with Crippen molar-refractivity contribution in [3.63, 3.8) is 0 Å². The van der Waals surface area contributed by atoms with Crippen LogP contribution in [-0.4, -0.2) is 59.0 Å². The van der Waals surface area contributed by atoms with E-state index in [9.17, 15) is 24.5 Å². The molecule has 48 heavy (non-hydrogen) atoms. The molecule has 9 nitrogen and oxygen atoms in total. The number of carbonyl (C=O) groups is 1. The molecule has 0 aromatic carbocycles. The smallest absolute Gasteiger partial charge is 0.393 e. The second-order valence-corrected chi connectivity index (χ2v) is 14.8. The zero-order valence-corrected chi connectivity index (χ0v) is 31.7. The number of unbranched alkanes of at least 4 members (excludes halogenated alkanes) is 20. The molecule has 0 saturated heterocycles. The van der Waals surface area contributed by atoms with Gasteiger partial charge in [-0.2, -0.15) is 0 Å². The minimum absolute atomic E-state index is 0.0483. The third kappa shape index (κ3) is 32.2. The summed E-state index contributed by atoms with van der Waals surface area (Å²) in [4.78, 5) is 22.6. The standard InChI is InChI=1S/C38H75N2O7P/c1-3-5-7-9-11-13-14-15-16-17-18-19-20-22-23-25-27-29-35(41)33-38(43)40-36(34-47-48(44,45)46-32-31-39)37(42)30-28-26-24-21-12-10-8-6-4-2/h17-18,28,30,35-37,41-42H,3-16,19-27,29,31-34,39H2,1-2H3,(H,40,43)(H,44,45)/b18-17-,30-28+. The van der Waals surface area contributed by atoms with Gasteiger partial charge in [0.25, 0.3) is 0 Å². The first-order valence-corrected chi connectivity index (χ1v) is 21.0. The molecule has 0 spiro atoms. The predicted octanol–water partition coefficient (Wildman–Crippen LogP) is 9.19. The molecule has 0 saturated carbocycles. The first kappa shape index (κ1) is 46.9. The lowest BCUT2D eigenvalue weighted by Crippen LogP contribution is -2.46. The highest BCUT2D eigenvalue weighted by molar-refractivity contribution is 7.47. The third-order valence-electron chi connectivity index (χ3n) is 8.58. The van der Waals surface area contributed by atoms with E-state index >= 15 is 0 Å². The van der Waals surface area contributed by atoms with Crippen molar-refractivity contribution in [2.75, 3.05) is 19.8 Å². The molecule has 0 heterocycles. The molecule has 0 fully saturated rings. The van der Waals surface area contributed by atoms with Crippen molar-refractivity contribution in [3.05, 3.63) is 24.3 Å². The third-order valence-corrected chi connectivity index (χ3v) is 9.56. The van der Waals surface area contributed by atoms with Crippen LogP contribution in [0.15, 0.2) is 24.3 Å². The van der Waals surface area contributed by atoms with Crippen molar-refractivity contribution in [2.24, 2.45) is 5.73 Å². The Morgan fingerprint density at radius 3 is 1.67 bits per heavy atom. The summed E-state index contributed by atoms with van der Waals surface area (Å²) in [6, 6.07) is -0.980. The number of allylic oxidation sites excluding steroid dienone is 3. The highest BCUT2D eigenvalue weighted by Crippen LogP contribution is 2.43. The monoisotopic (exact) mass is 703 g/mol. The van der Waals surface area contributed by atoms with Gasteiger partial charge in [0.2, 0.25) is 5.91 Å². The van der Waals surface area contributed by atoms with Gasteiger partial charge < -0.3 is 26.2 Å². The largest absolute Gasteiger partial charge is 0.472 e. The Morgan fingerprint density at radius 2 is 1.17 bits per heavy atom. The second-order valence-electron chi connectivity index (χ2n) is 13.3. The number of aliphatic hydroxyl groups excluding tert-OH is 2. The van der Waals surface area contributed by atoms with E-state index in [1.165, 1.54) is 96.3 Å². The fraction of sp³-hybridized carbons (Fsp3) is 0.868. The van der Waals surface area contributed by atoms with E-state index in [4.69, 9.17) is 14.8 Å². The van der Waals surface area contributed by atoms with Gasteiger partial charge in [0.05, 0.1) is 37.9 Å². The van der Waals surface area contributed by atoms with E-state index in [2.05, 4.69) is 31.3 Å². The predicted molar refractivity (Wildman–Crippen MR) is 200 cm³/mol. The Hall–Kier alpha value is -1.06. The average Bonchev–Trinajstić information content (AvgIpc) is 3.06. The molecule has 0 aliphatic rings. The number of hydrogen-bond acceptors (Lipinski definition) is 7. The van der Waals surface area contributed by atoms with Gasteiger partial charge in [-0.15, -0.1) is 0 Å². The van der Waals surface area contributed by atoms with Gasteiger partial charge in [0.1, 0.15) is 0 Å². The van der Waals surface area contributed by atoms with Gasteiger partial charge in [0.15, 0.2) is 0 Å². The summed E-state index contributed by atoms with van der Waals surface area (Å²) in [7, 11) is -4.39. The number of rotatable bonds is 36. The number of aliphatic hydroxyl groups is 2. The molecule has 10 heteroatoms. The van der Waals surface area contributed by atoms with Crippen molar-refractivity contribution in [1.82, 2.24) is 5.32 Å². The number of phosphoric acid groups is 1. The summed E-state index contributed by atoms with van der Waals surface area (Å²) in [5, 5.41) is 23.9. The van der Waals surface area contributed by atoms with Crippen LogP contribution in [0.5, 0.6) is 0 Å². The summed E-state index contributed by atoms with van der Waals surface area (Å²) in [5.41, 5.74) is 5.34. The van der Waals surface area contributed by atoms with E-state index in [0.29, 0.717) is 6.42 Å². The number of hydrogen-bond donors (Lipinski definition) is 5. The van der Waals surface area contributed by atoms with Crippen LogP contribution in [0.1, 0.15) is 174 Å². The van der Waals surface area contributed by atoms with Crippen LogP contribution in [0.25, 0.3) is 0 Å². The second kappa shape index (κ2) is 34.4. The topological polar surface area (TPSA) is 151 Å². The number of nitrogens with two attached hydrogens (primary N) is 1. The summed E-state index contributed by atoms with van der Waals surface area (Å²) < 4.78 is 21.9. The number of carbonyl (C=O) groups excluding carboxylic acids is 1. The van der Waals surface area contributed by atoms with Crippen LogP contribution in [0.3, 0.4) is 0 Å². The number of phosphoric ester groups is 1. The first-order valence-electron chi connectivity index (χ1n) is 19.5. The molecular weight excluding hydrogens is 627 g/mol. The number of amides is 1. The molecule has 4 unspecified atom stereocenters. The van der Waals surface area contributed by atoms with Crippen molar-refractivity contribution in [2.45, 2.75) is 193 Å². The van der Waals surface area contributed by atoms with Crippen LogP contribution < -0.4 is 11.1 Å². The van der Waals surface area contributed by atoms with Crippen molar-refractivity contribution in [1.29, 1.82) is 0 Å². The summed E-state index contributed by atoms with van der Waals surface area (Å²) >= 11 is 0. The van der Waals surface area contributed by atoms with E-state index in [1.54, 1.807) is 6.08 Å². The molecule has 0 aromatic rings. The minimum atomic E-state index is -4.39. The van der Waals surface area contributed by atoms with Gasteiger partial charge in [-0.3, -0.25) is 13.8 Å². The van der Waals surface area contributed by atoms with Crippen LogP contribution in [-0.2, 0) is 18.4 Å². The molecule has 0 bridgehead atoms. The highest BCUT2D eigenvalue weighted by atomic mass is 31.2. The SMILES string of the molecule is CCCCCCCCC/C=C/C(O)C(COP(=O)(O)OCCN)NC(=O)CC(O)CCCCCCC/C=C\CCCCCCCCCC. The number of nitrogens with one attached hydrogen (secondary N) is 1. The van der Waals surface area contributed by atoms with Gasteiger partial charge in [0, 0.05) is 6.54 Å². The Bertz CT molecular complexity index is 827. The van der Waals surface area contributed by atoms with E-state index in [-0.39, 0.29) is 19.6 Å². The Kier molecular flexibility index (Phi) is 33.6. The van der Waals surface area contributed by atoms with Crippen LogP contribution in [0.4, 0.5) is 0 Å². The normalized spacial score (nSPS) is 15.2. The van der Waals surface area contributed by atoms with Gasteiger partial charge in [-0.05, 0) is 44.9 Å². The zero-order valence-electron chi connectivity index (χ0n) is 30.8. The molecule has 284 valence electrons. The first-order chi connectivity index (χ1) is 23.3. The Balaban J connectivity index is 4.31.